The Morgan fingerprint density at radius 3 is 2.94 bits per heavy atom. The number of nitrogens with one attached hydrogen (secondary N) is 1. The van der Waals surface area contributed by atoms with Gasteiger partial charge in [-0.15, -0.1) is 0 Å². The van der Waals surface area contributed by atoms with Crippen molar-refractivity contribution in [3.05, 3.63) is 32.7 Å². The van der Waals surface area contributed by atoms with Gasteiger partial charge in [-0.25, -0.2) is 0 Å². The molecule has 0 saturated heterocycles. The minimum atomic E-state index is 0.117. The molecule has 1 aliphatic rings. The van der Waals surface area contributed by atoms with Crippen LogP contribution in [0.1, 0.15) is 25.3 Å². The molecule has 0 amide bonds. The molecule has 0 bridgehead atoms. The van der Waals surface area contributed by atoms with Gasteiger partial charge in [0.2, 0.25) is 0 Å². The van der Waals surface area contributed by atoms with Crippen molar-refractivity contribution in [2.24, 2.45) is 5.92 Å². The zero-order valence-corrected chi connectivity index (χ0v) is 12.0. The van der Waals surface area contributed by atoms with E-state index < -0.39 is 0 Å². The predicted octanol–water partition coefficient (Wildman–Crippen LogP) is 2.31. The summed E-state index contributed by atoms with van der Waals surface area (Å²) in [6.45, 7) is 5.80. The topological polar surface area (TPSA) is 34.0 Å². The predicted molar refractivity (Wildman–Crippen MR) is 73.3 cm³/mol. The van der Waals surface area contributed by atoms with Crippen molar-refractivity contribution in [2.75, 3.05) is 6.54 Å². The van der Waals surface area contributed by atoms with Crippen LogP contribution >= 0.6 is 15.9 Å². The highest BCUT2D eigenvalue weighted by Gasteiger charge is 2.20. The fourth-order valence-corrected chi connectivity index (χ4v) is 2.52. The van der Waals surface area contributed by atoms with Crippen molar-refractivity contribution in [3.8, 4) is 0 Å². The molecular weight excluding hydrogens is 280 g/mol. The van der Waals surface area contributed by atoms with Crippen molar-refractivity contribution in [3.63, 3.8) is 0 Å². The fourth-order valence-electron chi connectivity index (χ4n) is 1.93. The first-order chi connectivity index (χ1) is 8.06. The van der Waals surface area contributed by atoms with E-state index in [-0.39, 0.29) is 5.56 Å². The van der Waals surface area contributed by atoms with Crippen LogP contribution in [0.15, 0.2) is 21.5 Å². The number of aromatic nitrogens is 1. The fraction of sp³-hybridized carbons (Fsp3) is 0.615. The molecule has 1 atom stereocenters. The molecule has 1 N–H and O–H groups in total. The highest BCUT2D eigenvalue weighted by molar-refractivity contribution is 9.10. The van der Waals surface area contributed by atoms with Crippen LogP contribution in [0.4, 0.5) is 0 Å². The molecule has 1 aromatic heterocycles. The van der Waals surface area contributed by atoms with Gasteiger partial charge in [-0.1, -0.05) is 6.92 Å². The van der Waals surface area contributed by atoms with E-state index in [0.29, 0.717) is 5.92 Å². The molecule has 1 aliphatic carbocycles. The van der Waals surface area contributed by atoms with Gasteiger partial charge in [-0.05, 0) is 54.2 Å². The van der Waals surface area contributed by atoms with E-state index in [2.05, 4.69) is 28.2 Å². The second-order valence-electron chi connectivity index (χ2n) is 5.09. The van der Waals surface area contributed by atoms with Gasteiger partial charge in [0.05, 0.1) is 0 Å². The normalized spacial score (nSPS) is 17.1. The Bertz CT molecular complexity index is 451. The molecule has 1 saturated carbocycles. The number of halogens is 1. The smallest absolute Gasteiger partial charge is 0.253 e. The summed E-state index contributed by atoms with van der Waals surface area (Å²) in [5, 5.41) is 3.50. The number of aryl methyl sites for hydroxylation is 1. The largest absolute Gasteiger partial charge is 0.314 e. The molecule has 1 aromatic rings. The van der Waals surface area contributed by atoms with Crippen LogP contribution in [0, 0.1) is 12.8 Å². The van der Waals surface area contributed by atoms with E-state index in [1.165, 1.54) is 12.8 Å². The van der Waals surface area contributed by atoms with Gasteiger partial charge in [0, 0.05) is 28.8 Å². The van der Waals surface area contributed by atoms with Crippen LogP contribution in [0.5, 0.6) is 0 Å². The lowest BCUT2D eigenvalue weighted by atomic mass is 10.1. The third kappa shape index (κ3) is 3.68. The van der Waals surface area contributed by atoms with E-state index in [1.54, 1.807) is 4.57 Å². The number of pyridine rings is 1. The summed E-state index contributed by atoms with van der Waals surface area (Å²) < 4.78 is 2.77. The SMILES string of the molecule is Cc1cc(Br)cn(CC(C)CNC2CC2)c1=O. The average Bonchev–Trinajstić information content (AvgIpc) is 3.06. The molecule has 4 heteroatoms. The Hall–Kier alpha value is -0.610. The van der Waals surface area contributed by atoms with Crippen LogP contribution in [-0.4, -0.2) is 17.2 Å². The van der Waals surface area contributed by atoms with Gasteiger partial charge in [-0.3, -0.25) is 4.79 Å². The molecule has 17 heavy (non-hydrogen) atoms. The van der Waals surface area contributed by atoms with Crippen LogP contribution in [0.3, 0.4) is 0 Å². The average molecular weight is 299 g/mol. The van der Waals surface area contributed by atoms with Crippen LogP contribution in [0.2, 0.25) is 0 Å². The summed E-state index contributed by atoms with van der Waals surface area (Å²) in [6.07, 6.45) is 4.49. The second-order valence-corrected chi connectivity index (χ2v) is 6.00. The first-order valence-electron chi connectivity index (χ1n) is 6.16. The highest BCUT2D eigenvalue weighted by atomic mass is 79.9. The molecule has 3 nitrogen and oxygen atoms in total. The molecule has 94 valence electrons. The molecular formula is C13H19BrN2O. The van der Waals surface area contributed by atoms with Gasteiger partial charge < -0.3 is 9.88 Å². The summed E-state index contributed by atoms with van der Waals surface area (Å²) >= 11 is 3.43. The maximum absolute atomic E-state index is 11.9. The van der Waals surface area contributed by atoms with Crippen molar-refractivity contribution in [1.29, 1.82) is 0 Å². The van der Waals surface area contributed by atoms with E-state index in [4.69, 9.17) is 0 Å². The third-order valence-electron chi connectivity index (χ3n) is 3.07. The summed E-state index contributed by atoms with van der Waals surface area (Å²) in [5.74, 6) is 0.474. The van der Waals surface area contributed by atoms with Crippen molar-refractivity contribution in [2.45, 2.75) is 39.3 Å². The molecule has 1 fully saturated rings. The van der Waals surface area contributed by atoms with Crippen LogP contribution in [0.25, 0.3) is 0 Å². The Labute approximate surface area is 110 Å². The minimum absolute atomic E-state index is 0.117. The monoisotopic (exact) mass is 298 g/mol. The lowest BCUT2D eigenvalue weighted by molar-refractivity contribution is 0.436. The van der Waals surface area contributed by atoms with Gasteiger partial charge in [-0.2, -0.15) is 0 Å². The maximum Gasteiger partial charge on any atom is 0.253 e. The summed E-state index contributed by atoms with van der Waals surface area (Å²) in [4.78, 5) is 11.9. The molecule has 0 aliphatic heterocycles. The Morgan fingerprint density at radius 2 is 2.29 bits per heavy atom. The van der Waals surface area contributed by atoms with Crippen LogP contribution < -0.4 is 10.9 Å². The zero-order chi connectivity index (χ0) is 12.4. The standard InChI is InChI=1S/C13H19BrN2O/c1-9(6-15-12-3-4-12)7-16-8-11(14)5-10(2)13(16)17/h5,8-9,12,15H,3-4,6-7H2,1-2H3. The molecule has 1 unspecified atom stereocenters. The number of rotatable bonds is 5. The number of nitrogens with zero attached hydrogens (tertiary/aromatic N) is 1. The van der Waals surface area contributed by atoms with Crippen molar-refractivity contribution < 1.29 is 0 Å². The Morgan fingerprint density at radius 1 is 1.59 bits per heavy atom. The quantitative estimate of drug-likeness (QED) is 0.905. The molecule has 2 rings (SSSR count). The number of hydrogen-bond acceptors (Lipinski definition) is 2. The molecule has 0 spiro atoms. The van der Waals surface area contributed by atoms with Crippen molar-refractivity contribution >= 4 is 15.9 Å². The van der Waals surface area contributed by atoms with E-state index in [1.807, 2.05) is 19.2 Å². The lowest BCUT2D eigenvalue weighted by Crippen LogP contribution is -2.30. The summed E-state index contributed by atoms with van der Waals surface area (Å²) in [6, 6.07) is 2.60. The van der Waals surface area contributed by atoms with E-state index in [9.17, 15) is 4.79 Å². The number of hydrogen-bond donors (Lipinski definition) is 1. The molecule has 0 aromatic carbocycles. The third-order valence-corrected chi connectivity index (χ3v) is 3.51. The zero-order valence-electron chi connectivity index (χ0n) is 10.4. The second kappa shape index (κ2) is 5.36. The summed E-state index contributed by atoms with van der Waals surface area (Å²) in [7, 11) is 0. The molecule has 0 radical (unpaired) electrons. The Kier molecular flexibility index (Phi) is 4.05. The van der Waals surface area contributed by atoms with Crippen molar-refractivity contribution in [1.82, 2.24) is 9.88 Å². The van der Waals surface area contributed by atoms with E-state index >= 15 is 0 Å². The van der Waals surface area contributed by atoms with Gasteiger partial charge in [0.25, 0.3) is 5.56 Å². The lowest BCUT2D eigenvalue weighted by Gasteiger charge is -2.15. The first-order valence-corrected chi connectivity index (χ1v) is 6.95. The first kappa shape index (κ1) is 12.8. The maximum atomic E-state index is 11.9. The van der Waals surface area contributed by atoms with Gasteiger partial charge >= 0.3 is 0 Å². The van der Waals surface area contributed by atoms with Gasteiger partial charge in [0.15, 0.2) is 0 Å². The summed E-state index contributed by atoms with van der Waals surface area (Å²) in [5.41, 5.74) is 0.910. The van der Waals surface area contributed by atoms with Crippen LogP contribution in [-0.2, 0) is 6.54 Å². The van der Waals surface area contributed by atoms with Gasteiger partial charge in [0.1, 0.15) is 0 Å². The minimum Gasteiger partial charge on any atom is -0.314 e. The van der Waals surface area contributed by atoms with E-state index in [0.717, 1.165) is 29.2 Å². The Balaban J connectivity index is 1.98. The molecule has 1 heterocycles. The highest BCUT2D eigenvalue weighted by Crippen LogP contribution is 2.19.